The van der Waals surface area contributed by atoms with Crippen molar-refractivity contribution in [1.82, 2.24) is 9.80 Å². The molecule has 0 aliphatic carbocycles. The first-order chi connectivity index (χ1) is 14.5. The third kappa shape index (κ3) is 2.34. The highest BCUT2D eigenvalue weighted by molar-refractivity contribution is 8.78. The summed E-state index contributed by atoms with van der Waals surface area (Å²) in [5.74, 6) is -0.0103. The van der Waals surface area contributed by atoms with E-state index in [0.29, 0.717) is 13.0 Å². The van der Waals surface area contributed by atoms with Crippen LogP contribution in [0.3, 0.4) is 0 Å². The number of hydrogen-bond donors (Lipinski definition) is 0. The molecular formula is C21H22N2O5S2. The molecular weight excluding hydrogens is 424 g/mol. The molecule has 1 amide bonds. The van der Waals surface area contributed by atoms with E-state index >= 15 is 0 Å². The fraction of sp³-hybridized carbons (Fsp3) is 0.524. The van der Waals surface area contributed by atoms with Crippen molar-refractivity contribution in [2.75, 3.05) is 6.54 Å². The molecule has 7 aliphatic heterocycles. The van der Waals surface area contributed by atoms with Crippen LogP contribution in [-0.2, 0) is 23.8 Å². The summed E-state index contributed by atoms with van der Waals surface area (Å²) in [6, 6.07) is -0.180. The van der Waals surface area contributed by atoms with E-state index in [1.165, 1.54) is 12.5 Å². The summed E-state index contributed by atoms with van der Waals surface area (Å²) in [5.41, 5.74) is 2.17. The molecule has 7 nitrogen and oxygen atoms in total. The number of fused-ring (bicyclic) bond motifs is 3. The van der Waals surface area contributed by atoms with Gasteiger partial charge in [0.1, 0.15) is 11.0 Å². The first-order valence-electron chi connectivity index (χ1n) is 10.1. The molecule has 30 heavy (non-hydrogen) atoms. The van der Waals surface area contributed by atoms with E-state index in [9.17, 15) is 9.59 Å². The fourth-order valence-electron chi connectivity index (χ4n) is 5.75. The van der Waals surface area contributed by atoms with Gasteiger partial charge in [-0.05, 0) is 23.3 Å². The minimum Gasteiger partial charge on any atom is -0.473 e. The quantitative estimate of drug-likeness (QED) is 0.450. The molecule has 0 saturated carbocycles. The van der Waals surface area contributed by atoms with Crippen LogP contribution in [-0.4, -0.2) is 56.2 Å². The Labute approximate surface area is 182 Å². The highest BCUT2D eigenvalue weighted by Crippen LogP contribution is 2.69. The van der Waals surface area contributed by atoms with Crippen LogP contribution in [0.5, 0.6) is 0 Å². The molecule has 6 atom stereocenters. The molecule has 0 aromatic heterocycles. The van der Waals surface area contributed by atoms with Gasteiger partial charge in [0.25, 0.3) is 5.91 Å². The molecule has 9 heteroatoms. The summed E-state index contributed by atoms with van der Waals surface area (Å²) in [4.78, 5) is 29.2. The summed E-state index contributed by atoms with van der Waals surface area (Å²) >= 11 is 0. The number of piperazine rings is 1. The van der Waals surface area contributed by atoms with E-state index in [1.54, 1.807) is 35.7 Å². The van der Waals surface area contributed by atoms with Crippen LogP contribution in [0, 0.1) is 5.92 Å². The molecule has 0 radical (unpaired) electrons. The van der Waals surface area contributed by atoms with Crippen LogP contribution in [0.4, 0.5) is 0 Å². The van der Waals surface area contributed by atoms with Crippen molar-refractivity contribution in [3.63, 3.8) is 0 Å². The van der Waals surface area contributed by atoms with Crippen molar-refractivity contribution < 1.29 is 23.8 Å². The summed E-state index contributed by atoms with van der Waals surface area (Å²) < 4.78 is 16.8. The summed E-state index contributed by atoms with van der Waals surface area (Å²) in [6.07, 6.45) is 11.5. The fourth-order valence-corrected chi connectivity index (χ4v) is 9.54. The van der Waals surface area contributed by atoms with Crippen LogP contribution in [0.1, 0.15) is 26.7 Å². The zero-order chi connectivity index (χ0) is 20.7. The predicted molar refractivity (Wildman–Crippen MR) is 112 cm³/mol. The maximum absolute atomic E-state index is 14.1. The summed E-state index contributed by atoms with van der Waals surface area (Å²) in [5, 5.41) is 0. The van der Waals surface area contributed by atoms with Crippen LogP contribution in [0.15, 0.2) is 48.3 Å². The Balaban J connectivity index is 1.44. The van der Waals surface area contributed by atoms with Crippen LogP contribution < -0.4 is 0 Å². The number of esters is 1. The maximum Gasteiger partial charge on any atom is 0.303 e. The molecule has 7 rings (SSSR count). The second kappa shape index (κ2) is 6.34. The van der Waals surface area contributed by atoms with Crippen molar-refractivity contribution in [3.05, 3.63) is 48.3 Å². The number of carbonyl (C=O) groups is 2. The molecule has 7 aliphatic rings. The number of carbonyl (C=O) groups excluding carboxylic acids is 2. The maximum atomic E-state index is 14.1. The second-order valence-electron chi connectivity index (χ2n) is 8.69. The minimum absolute atomic E-state index is 0.0171. The van der Waals surface area contributed by atoms with Crippen molar-refractivity contribution in [2.45, 2.75) is 54.6 Å². The number of rotatable bonds is 1. The third-order valence-corrected chi connectivity index (χ3v) is 10.6. The van der Waals surface area contributed by atoms with Crippen molar-refractivity contribution in [3.8, 4) is 0 Å². The standard InChI is InChI=1S/C21H22N2O5S2/c1-12-3-5-26-9-14-7-20-11-22-18-15(10-27-6-4-16(18)28-13(2)24)8-21(22,30-29-20)19(25)23(20)17(12)14/h3-6,9-10,12,16-18H,7-8,11H2,1-2H3/t12-,16-,17+,18-,20+,21+/m0/s1. The van der Waals surface area contributed by atoms with Gasteiger partial charge in [-0.15, -0.1) is 0 Å². The van der Waals surface area contributed by atoms with Gasteiger partial charge in [0.15, 0.2) is 4.87 Å². The first-order valence-corrected chi connectivity index (χ1v) is 12.3. The molecule has 0 unspecified atom stereocenters. The van der Waals surface area contributed by atoms with Gasteiger partial charge in [-0.2, -0.15) is 0 Å². The SMILES string of the molecule is CC(=O)O[C@H]1C=COC=C2C[C@@]34SS[C@]5(CC6=COC=C[C@H](C)[C@H]6N5C3=O)CN4[C@@H]21. The molecule has 2 spiro atoms. The molecule has 158 valence electrons. The van der Waals surface area contributed by atoms with Gasteiger partial charge in [-0.25, -0.2) is 0 Å². The molecule has 2 bridgehead atoms. The zero-order valence-electron chi connectivity index (χ0n) is 16.6. The van der Waals surface area contributed by atoms with E-state index in [1.807, 2.05) is 23.1 Å². The van der Waals surface area contributed by atoms with Gasteiger partial charge in [-0.3, -0.25) is 14.5 Å². The number of ether oxygens (including phenoxy) is 3. The topological polar surface area (TPSA) is 68.3 Å². The van der Waals surface area contributed by atoms with E-state index in [-0.39, 0.29) is 34.7 Å². The molecule has 0 aromatic carbocycles. The Kier molecular flexibility index (Phi) is 3.99. The van der Waals surface area contributed by atoms with Crippen LogP contribution in [0.25, 0.3) is 0 Å². The molecule has 5 saturated heterocycles. The van der Waals surface area contributed by atoms with Crippen LogP contribution >= 0.6 is 21.6 Å². The molecule has 0 N–H and O–H groups in total. The Hall–Kier alpha value is -1.84. The Morgan fingerprint density at radius 1 is 1.13 bits per heavy atom. The van der Waals surface area contributed by atoms with E-state index in [0.717, 1.165) is 12.0 Å². The average molecular weight is 447 g/mol. The molecule has 0 aromatic rings. The highest BCUT2D eigenvalue weighted by atomic mass is 33.1. The first kappa shape index (κ1) is 18.9. The predicted octanol–water partition coefficient (Wildman–Crippen LogP) is 2.89. The summed E-state index contributed by atoms with van der Waals surface area (Å²) in [6.45, 7) is 4.27. The zero-order valence-corrected chi connectivity index (χ0v) is 18.3. The normalized spacial score (nSPS) is 43.3. The number of nitrogens with zero attached hydrogens (tertiary/aromatic N) is 2. The highest BCUT2D eigenvalue weighted by Gasteiger charge is 2.73. The van der Waals surface area contributed by atoms with E-state index in [2.05, 4.69) is 16.7 Å². The lowest BCUT2D eigenvalue weighted by Crippen LogP contribution is -2.74. The largest absolute Gasteiger partial charge is 0.473 e. The number of amides is 1. The minimum atomic E-state index is -0.706. The van der Waals surface area contributed by atoms with Gasteiger partial charge < -0.3 is 19.1 Å². The Bertz CT molecular complexity index is 961. The second-order valence-corrected chi connectivity index (χ2v) is 11.5. The lowest BCUT2D eigenvalue weighted by molar-refractivity contribution is -0.154. The monoisotopic (exact) mass is 446 g/mol. The van der Waals surface area contributed by atoms with Crippen LogP contribution in [0.2, 0.25) is 0 Å². The van der Waals surface area contributed by atoms with E-state index < -0.39 is 11.0 Å². The van der Waals surface area contributed by atoms with Gasteiger partial charge in [0.2, 0.25) is 0 Å². The van der Waals surface area contributed by atoms with Gasteiger partial charge >= 0.3 is 5.97 Å². The van der Waals surface area contributed by atoms with Crippen molar-refractivity contribution >= 4 is 33.5 Å². The van der Waals surface area contributed by atoms with Gasteiger partial charge in [-0.1, -0.05) is 28.5 Å². The molecule has 5 fully saturated rings. The average Bonchev–Trinajstić information content (AvgIpc) is 3.05. The van der Waals surface area contributed by atoms with Gasteiger partial charge in [0.05, 0.1) is 37.1 Å². The van der Waals surface area contributed by atoms with Crippen molar-refractivity contribution in [1.29, 1.82) is 0 Å². The summed E-state index contributed by atoms with van der Waals surface area (Å²) in [7, 11) is 3.46. The van der Waals surface area contributed by atoms with Crippen molar-refractivity contribution in [2.24, 2.45) is 5.92 Å². The third-order valence-electron chi connectivity index (χ3n) is 6.86. The lowest BCUT2D eigenvalue weighted by atomic mass is 9.95. The Morgan fingerprint density at radius 3 is 2.63 bits per heavy atom. The number of hydrogen-bond acceptors (Lipinski definition) is 8. The smallest absolute Gasteiger partial charge is 0.303 e. The lowest BCUT2D eigenvalue weighted by Gasteiger charge is -2.59. The van der Waals surface area contributed by atoms with E-state index in [4.69, 9.17) is 14.2 Å². The molecule has 7 heterocycles. The van der Waals surface area contributed by atoms with Gasteiger partial charge in [0, 0.05) is 32.2 Å². The Morgan fingerprint density at radius 2 is 1.87 bits per heavy atom.